The minimum atomic E-state index is -0.124. The summed E-state index contributed by atoms with van der Waals surface area (Å²) in [4.78, 5) is 14.4. The average Bonchev–Trinajstić information content (AvgIpc) is 2.74. The van der Waals surface area contributed by atoms with Gasteiger partial charge in [-0.2, -0.15) is 0 Å². The zero-order valence-corrected chi connectivity index (χ0v) is 14.1. The Morgan fingerprint density at radius 2 is 2.05 bits per heavy atom. The molecule has 112 valence electrons. The maximum atomic E-state index is 12.7. The molecule has 1 amide bonds. The summed E-state index contributed by atoms with van der Waals surface area (Å²) in [6, 6.07) is 9.16. The highest BCUT2D eigenvalue weighted by Crippen LogP contribution is 2.32. The van der Waals surface area contributed by atoms with Crippen LogP contribution in [0.2, 0.25) is 8.67 Å². The van der Waals surface area contributed by atoms with Gasteiger partial charge in [0.15, 0.2) is 0 Å². The van der Waals surface area contributed by atoms with E-state index in [4.69, 9.17) is 28.9 Å². The number of nitrogens with two attached hydrogens (primary N) is 1. The Hall–Kier alpha value is -1.23. The van der Waals surface area contributed by atoms with Gasteiger partial charge >= 0.3 is 0 Å². The number of carbonyl (C=O) groups excluding carboxylic acids is 1. The monoisotopic (exact) mass is 342 g/mol. The van der Waals surface area contributed by atoms with Crippen LogP contribution in [-0.4, -0.2) is 16.8 Å². The molecule has 0 spiro atoms. The van der Waals surface area contributed by atoms with E-state index in [0.717, 1.165) is 5.56 Å². The van der Waals surface area contributed by atoms with Gasteiger partial charge in [-0.05, 0) is 37.6 Å². The predicted octanol–water partition coefficient (Wildman–Crippen LogP) is 4.69. The van der Waals surface area contributed by atoms with Gasteiger partial charge in [0.25, 0.3) is 5.91 Å². The van der Waals surface area contributed by atoms with Crippen molar-refractivity contribution in [2.75, 3.05) is 5.73 Å². The Bertz CT molecular complexity index is 655. The van der Waals surface area contributed by atoms with Gasteiger partial charge in [0.1, 0.15) is 4.34 Å². The zero-order chi connectivity index (χ0) is 15.6. The first kappa shape index (κ1) is 16.1. The molecule has 0 atom stereocenters. The highest BCUT2D eigenvalue weighted by atomic mass is 35.5. The summed E-state index contributed by atoms with van der Waals surface area (Å²) < 4.78 is 0.930. The van der Waals surface area contributed by atoms with E-state index in [1.165, 1.54) is 11.3 Å². The Kier molecular flexibility index (Phi) is 5.14. The normalized spacial score (nSPS) is 10.9. The van der Waals surface area contributed by atoms with E-state index in [-0.39, 0.29) is 11.9 Å². The van der Waals surface area contributed by atoms with Gasteiger partial charge in [0.2, 0.25) is 0 Å². The molecule has 2 aromatic rings. The summed E-state index contributed by atoms with van der Waals surface area (Å²) in [5, 5.41) is 0. The van der Waals surface area contributed by atoms with Gasteiger partial charge in [0.05, 0.1) is 9.90 Å². The van der Waals surface area contributed by atoms with E-state index >= 15 is 0 Å². The molecular formula is C15H16Cl2N2OS. The van der Waals surface area contributed by atoms with E-state index in [9.17, 15) is 4.79 Å². The van der Waals surface area contributed by atoms with Crippen molar-refractivity contribution in [2.45, 2.75) is 26.4 Å². The van der Waals surface area contributed by atoms with Crippen LogP contribution in [0.25, 0.3) is 0 Å². The van der Waals surface area contributed by atoms with Crippen molar-refractivity contribution in [1.82, 2.24) is 4.90 Å². The van der Waals surface area contributed by atoms with Crippen LogP contribution in [0, 0.1) is 0 Å². The predicted molar refractivity (Wildman–Crippen MR) is 90.2 cm³/mol. The van der Waals surface area contributed by atoms with Crippen molar-refractivity contribution in [3.05, 3.63) is 50.1 Å². The summed E-state index contributed by atoms with van der Waals surface area (Å²) >= 11 is 13.2. The second kappa shape index (κ2) is 6.69. The van der Waals surface area contributed by atoms with Crippen LogP contribution in [0.5, 0.6) is 0 Å². The van der Waals surface area contributed by atoms with Crippen LogP contribution in [0.3, 0.4) is 0 Å². The molecule has 1 heterocycles. The van der Waals surface area contributed by atoms with Gasteiger partial charge in [-0.3, -0.25) is 4.79 Å². The van der Waals surface area contributed by atoms with Crippen molar-refractivity contribution < 1.29 is 4.79 Å². The van der Waals surface area contributed by atoms with E-state index in [1.54, 1.807) is 11.0 Å². The number of anilines is 1. The van der Waals surface area contributed by atoms with Gasteiger partial charge in [0, 0.05) is 18.3 Å². The summed E-state index contributed by atoms with van der Waals surface area (Å²) in [5.41, 5.74) is 7.89. The van der Waals surface area contributed by atoms with Gasteiger partial charge in [-0.25, -0.2) is 0 Å². The molecule has 0 saturated carbocycles. The Morgan fingerprint density at radius 1 is 1.33 bits per heavy atom. The van der Waals surface area contributed by atoms with Crippen molar-refractivity contribution in [2.24, 2.45) is 0 Å². The number of amides is 1. The highest BCUT2D eigenvalue weighted by Gasteiger charge is 2.23. The number of carbonyl (C=O) groups is 1. The van der Waals surface area contributed by atoms with Crippen LogP contribution in [0.15, 0.2) is 30.3 Å². The third-order valence-corrected chi connectivity index (χ3v) is 4.56. The molecule has 3 nitrogen and oxygen atoms in total. The van der Waals surface area contributed by atoms with E-state index in [2.05, 4.69) is 0 Å². The second-order valence-corrected chi connectivity index (χ2v) is 7.30. The number of thiophene rings is 1. The maximum absolute atomic E-state index is 12.7. The molecule has 1 aromatic carbocycles. The summed E-state index contributed by atoms with van der Waals surface area (Å²) in [5.74, 6) is -0.124. The van der Waals surface area contributed by atoms with E-state index in [1.807, 2.05) is 38.1 Å². The minimum absolute atomic E-state index is 0.0358. The van der Waals surface area contributed by atoms with Crippen LogP contribution < -0.4 is 5.73 Å². The molecule has 6 heteroatoms. The SMILES string of the molecule is CC(C)N(Cc1cccc(N)c1)C(=O)c1cc(Cl)sc1Cl. The smallest absolute Gasteiger partial charge is 0.256 e. The molecule has 2 rings (SSSR count). The average molecular weight is 343 g/mol. The molecule has 0 aliphatic rings. The molecule has 0 radical (unpaired) electrons. The molecule has 1 aromatic heterocycles. The lowest BCUT2D eigenvalue weighted by molar-refractivity contribution is 0.0691. The van der Waals surface area contributed by atoms with Crippen molar-refractivity contribution in [3.8, 4) is 0 Å². The molecule has 0 bridgehead atoms. The Labute approximate surface area is 138 Å². The number of hydrogen-bond acceptors (Lipinski definition) is 3. The fourth-order valence-corrected chi connectivity index (χ4v) is 3.47. The van der Waals surface area contributed by atoms with Gasteiger partial charge < -0.3 is 10.6 Å². The number of nitrogen functional groups attached to an aromatic ring is 1. The molecule has 0 unspecified atom stereocenters. The van der Waals surface area contributed by atoms with Crippen LogP contribution in [-0.2, 0) is 6.54 Å². The van der Waals surface area contributed by atoms with Crippen molar-refractivity contribution in [3.63, 3.8) is 0 Å². The van der Waals surface area contributed by atoms with Crippen LogP contribution >= 0.6 is 34.5 Å². The summed E-state index contributed by atoms with van der Waals surface area (Å²) in [6.07, 6.45) is 0. The molecule has 0 aliphatic heterocycles. The molecule has 2 N–H and O–H groups in total. The standard InChI is InChI=1S/C15H16Cl2N2OS/c1-9(2)19(8-10-4-3-5-11(18)6-10)15(20)12-7-13(16)21-14(12)17/h3-7,9H,8,18H2,1-2H3. The number of nitrogens with zero attached hydrogens (tertiary/aromatic N) is 1. The number of halogens is 2. The minimum Gasteiger partial charge on any atom is -0.399 e. The number of rotatable bonds is 4. The van der Waals surface area contributed by atoms with E-state index in [0.29, 0.717) is 26.5 Å². The third-order valence-electron chi connectivity index (χ3n) is 3.08. The van der Waals surface area contributed by atoms with Crippen LogP contribution in [0.1, 0.15) is 29.8 Å². The lowest BCUT2D eigenvalue weighted by Crippen LogP contribution is -2.36. The third kappa shape index (κ3) is 3.90. The first-order valence-electron chi connectivity index (χ1n) is 6.48. The molecule has 0 fully saturated rings. The molecule has 0 aliphatic carbocycles. The second-order valence-electron chi connectivity index (χ2n) is 5.01. The number of benzene rings is 1. The quantitative estimate of drug-likeness (QED) is 0.819. The lowest BCUT2D eigenvalue weighted by atomic mass is 10.1. The first-order valence-corrected chi connectivity index (χ1v) is 8.06. The Morgan fingerprint density at radius 3 is 2.57 bits per heavy atom. The lowest BCUT2D eigenvalue weighted by Gasteiger charge is -2.27. The van der Waals surface area contributed by atoms with Crippen molar-refractivity contribution in [1.29, 1.82) is 0 Å². The number of hydrogen-bond donors (Lipinski definition) is 1. The summed E-state index contributed by atoms with van der Waals surface area (Å²) in [7, 11) is 0. The fraction of sp³-hybridized carbons (Fsp3) is 0.267. The first-order chi connectivity index (χ1) is 9.88. The Balaban J connectivity index is 2.27. The summed E-state index contributed by atoms with van der Waals surface area (Å²) in [6.45, 7) is 4.41. The van der Waals surface area contributed by atoms with Gasteiger partial charge in [-0.1, -0.05) is 35.3 Å². The zero-order valence-electron chi connectivity index (χ0n) is 11.8. The van der Waals surface area contributed by atoms with E-state index < -0.39 is 0 Å². The van der Waals surface area contributed by atoms with Crippen molar-refractivity contribution >= 4 is 46.1 Å². The largest absolute Gasteiger partial charge is 0.399 e. The van der Waals surface area contributed by atoms with Crippen LogP contribution in [0.4, 0.5) is 5.69 Å². The molecular weight excluding hydrogens is 327 g/mol. The molecule has 0 saturated heterocycles. The highest BCUT2D eigenvalue weighted by molar-refractivity contribution is 7.20. The maximum Gasteiger partial charge on any atom is 0.256 e. The fourth-order valence-electron chi connectivity index (χ4n) is 2.02. The molecule has 21 heavy (non-hydrogen) atoms. The topological polar surface area (TPSA) is 46.3 Å². The van der Waals surface area contributed by atoms with Gasteiger partial charge in [-0.15, -0.1) is 11.3 Å².